The molecule has 0 saturated carbocycles. The number of nitrogens with one attached hydrogen (secondary N) is 1. The predicted molar refractivity (Wildman–Crippen MR) is 87.5 cm³/mol. The van der Waals surface area contributed by atoms with Gasteiger partial charge in [0.25, 0.3) is 11.6 Å². The Hall–Kier alpha value is -3.21. The number of rotatable bonds is 5. The summed E-state index contributed by atoms with van der Waals surface area (Å²) in [6, 6.07) is 4.95. The number of nitro benzene ring substituents is 1. The number of hydrogen-bond donors (Lipinski definition) is 2. The van der Waals surface area contributed by atoms with Crippen LogP contribution in [0, 0.1) is 10.1 Å². The second-order valence-electron chi connectivity index (χ2n) is 5.04. The first-order chi connectivity index (χ1) is 11.6. The highest BCUT2D eigenvalue weighted by Gasteiger charge is 2.21. The Bertz CT molecular complexity index is 753. The first-order valence-electron chi connectivity index (χ1n) is 7.20. The molecule has 0 atom stereocenters. The van der Waals surface area contributed by atoms with E-state index >= 15 is 0 Å². The number of nitrogens with two attached hydrogens (primary N) is 1. The fourth-order valence-corrected chi connectivity index (χ4v) is 2.33. The van der Waals surface area contributed by atoms with Crippen molar-refractivity contribution < 1.29 is 9.66 Å². The quantitative estimate of drug-likeness (QED) is 0.342. The van der Waals surface area contributed by atoms with Crippen molar-refractivity contribution >= 4 is 23.5 Å². The van der Waals surface area contributed by atoms with Gasteiger partial charge in [0, 0.05) is 24.7 Å². The van der Waals surface area contributed by atoms with Crippen molar-refractivity contribution in [2.75, 3.05) is 42.5 Å². The van der Waals surface area contributed by atoms with Crippen LogP contribution in [0.1, 0.15) is 5.56 Å². The molecule has 2 aromatic rings. The Morgan fingerprint density at radius 1 is 1.42 bits per heavy atom. The highest BCUT2D eigenvalue weighted by Crippen LogP contribution is 2.29. The minimum atomic E-state index is -0.397. The predicted octanol–water partition coefficient (Wildman–Crippen LogP) is 0.183. The lowest BCUT2D eigenvalue weighted by Gasteiger charge is -2.28. The molecular weight excluding hydrogens is 316 g/mol. The number of nitro groups is 1. The summed E-state index contributed by atoms with van der Waals surface area (Å²) in [6.45, 7) is 2.37. The number of hydrazone groups is 1. The standard InChI is InChI=1S/C13H16N8O3/c14-20-9-16-18-13(20)17-15-8-10-1-2-11(12(7-10)21(22)23)19-3-5-24-6-4-19/h1-2,7-9H,3-6,14H2,(H,17,18)/b15-8+. The molecule has 3 N–H and O–H groups in total. The summed E-state index contributed by atoms with van der Waals surface area (Å²) in [4.78, 5) is 12.9. The van der Waals surface area contributed by atoms with Crippen molar-refractivity contribution in [2.24, 2.45) is 5.10 Å². The molecule has 2 heterocycles. The van der Waals surface area contributed by atoms with Crippen molar-refractivity contribution in [3.05, 3.63) is 40.2 Å². The number of aromatic nitrogens is 3. The van der Waals surface area contributed by atoms with Crippen molar-refractivity contribution in [2.45, 2.75) is 0 Å². The number of morpholine rings is 1. The number of nitrogens with zero attached hydrogens (tertiary/aromatic N) is 6. The van der Waals surface area contributed by atoms with Gasteiger partial charge in [-0.2, -0.15) is 5.10 Å². The number of ether oxygens (including phenoxy) is 1. The Kier molecular flexibility index (Phi) is 4.52. The molecule has 0 aliphatic carbocycles. The van der Waals surface area contributed by atoms with Crippen molar-refractivity contribution in [1.29, 1.82) is 0 Å². The lowest BCUT2D eigenvalue weighted by Crippen LogP contribution is -2.36. The van der Waals surface area contributed by atoms with Gasteiger partial charge in [0.2, 0.25) is 0 Å². The van der Waals surface area contributed by atoms with E-state index in [-0.39, 0.29) is 11.6 Å². The average Bonchev–Trinajstić information content (AvgIpc) is 3.01. The molecule has 3 rings (SSSR count). The van der Waals surface area contributed by atoms with Gasteiger partial charge in [0.15, 0.2) is 0 Å². The van der Waals surface area contributed by atoms with Crippen LogP contribution >= 0.6 is 0 Å². The molecule has 0 bridgehead atoms. The minimum absolute atomic E-state index is 0.0304. The third kappa shape index (κ3) is 3.41. The van der Waals surface area contributed by atoms with E-state index in [1.165, 1.54) is 23.3 Å². The van der Waals surface area contributed by atoms with Gasteiger partial charge in [-0.15, -0.1) is 10.2 Å². The number of benzene rings is 1. The maximum absolute atomic E-state index is 11.4. The van der Waals surface area contributed by atoms with Gasteiger partial charge < -0.3 is 15.5 Å². The molecule has 0 unspecified atom stereocenters. The van der Waals surface area contributed by atoms with Gasteiger partial charge in [-0.25, -0.2) is 10.1 Å². The van der Waals surface area contributed by atoms with Gasteiger partial charge >= 0.3 is 0 Å². The monoisotopic (exact) mass is 332 g/mol. The van der Waals surface area contributed by atoms with Gasteiger partial charge in [-0.3, -0.25) is 10.1 Å². The average molecular weight is 332 g/mol. The lowest BCUT2D eigenvalue weighted by molar-refractivity contribution is -0.384. The first kappa shape index (κ1) is 15.7. The van der Waals surface area contributed by atoms with Crippen LogP contribution in [0.3, 0.4) is 0 Å². The molecule has 1 aliphatic rings. The summed E-state index contributed by atoms with van der Waals surface area (Å²) in [6.07, 6.45) is 2.77. The molecule has 0 radical (unpaired) electrons. The summed E-state index contributed by atoms with van der Waals surface area (Å²) < 4.78 is 6.45. The fraction of sp³-hybridized carbons (Fsp3) is 0.308. The number of nitrogen functional groups attached to an aromatic ring is 1. The van der Waals surface area contributed by atoms with E-state index in [9.17, 15) is 10.1 Å². The smallest absolute Gasteiger partial charge is 0.293 e. The molecule has 1 aromatic heterocycles. The van der Waals surface area contributed by atoms with Crippen LogP contribution in [0.15, 0.2) is 29.6 Å². The van der Waals surface area contributed by atoms with E-state index < -0.39 is 4.92 Å². The van der Waals surface area contributed by atoms with E-state index in [1.807, 2.05) is 4.90 Å². The molecule has 126 valence electrons. The normalized spacial score (nSPS) is 14.9. The third-order valence-electron chi connectivity index (χ3n) is 3.50. The Labute approximate surface area is 136 Å². The number of hydrogen-bond acceptors (Lipinski definition) is 9. The van der Waals surface area contributed by atoms with Crippen LogP contribution < -0.4 is 16.2 Å². The van der Waals surface area contributed by atoms with Crippen molar-refractivity contribution in [3.8, 4) is 0 Å². The van der Waals surface area contributed by atoms with E-state index in [2.05, 4.69) is 20.7 Å². The zero-order valence-corrected chi connectivity index (χ0v) is 12.7. The highest BCUT2D eigenvalue weighted by molar-refractivity contribution is 5.83. The Morgan fingerprint density at radius 3 is 2.88 bits per heavy atom. The van der Waals surface area contributed by atoms with E-state index in [0.29, 0.717) is 37.6 Å². The summed E-state index contributed by atoms with van der Waals surface area (Å²) in [7, 11) is 0. The summed E-state index contributed by atoms with van der Waals surface area (Å²) in [5.74, 6) is 5.79. The van der Waals surface area contributed by atoms with Crippen LogP contribution in [0.4, 0.5) is 17.3 Å². The lowest BCUT2D eigenvalue weighted by atomic mass is 10.1. The molecule has 11 nitrogen and oxygen atoms in total. The van der Waals surface area contributed by atoms with Gasteiger partial charge in [-0.1, -0.05) is 6.07 Å². The summed E-state index contributed by atoms with van der Waals surface area (Å²) in [5.41, 5.74) is 3.79. The topological polar surface area (TPSA) is 137 Å². The molecule has 1 saturated heterocycles. The number of anilines is 2. The fourth-order valence-electron chi connectivity index (χ4n) is 2.33. The summed E-state index contributed by atoms with van der Waals surface area (Å²) >= 11 is 0. The molecule has 1 aromatic carbocycles. The van der Waals surface area contributed by atoms with E-state index in [1.54, 1.807) is 12.1 Å². The van der Waals surface area contributed by atoms with E-state index in [4.69, 9.17) is 10.6 Å². The van der Waals surface area contributed by atoms with Crippen molar-refractivity contribution in [3.63, 3.8) is 0 Å². The molecular formula is C13H16N8O3. The molecule has 1 aliphatic heterocycles. The second kappa shape index (κ2) is 6.91. The third-order valence-corrected chi connectivity index (χ3v) is 3.50. The Morgan fingerprint density at radius 2 is 2.21 bits per heavy atom. The zero-order chi connectivity index (χ0) is 16.9. The molecule has 0 spiro atoms. The minimum Gasteiger partial charge on any atom is -0.378 e. The molecule has 0 amide bonds. The molecule has 24 heavy (non-hydrogen) atoms. The largest absolute Gasteiger partial charge is 0.378 e. The first-order valence-corrected chi connectivity index (χ1v) is 7.20. The maximum atomic E-state index is 11.4. The van der Waals surface area contributed by atoms with Crippen molar-refractivity contribution in [1.82, 2.24) is 14.9 Å². The summed E-state index contributed by atoms with van der Waals surface area (Å²) in [5, 5.41) is 22.6. The molecule has 1 fully saturated rings. The van der Waals surface area contributed by atoms with Gasteiger partial charge in [0.05, 0.1) is 24.4 Å². The van der Waals surface area contributed by atoms with Crippen LogP contribution in [-0.4, -0.2) is 52.3 Å². The SMILES string of the molecule is Nn1cnnc1N/N=C/c1ccc(N2CCOCC2)c([N+](=O)[O-])c1. The zero-order valence-electron chi connectivity index (χ0n) is 12.7. The second-order valence-corrected chi connectivity index (χ2v) is 5.04. The molecule has 11 heteroatoms. The van der Waals surface area contributed by atoms with Crippen LogP contribution in [0.2, 0.25) is 0 Å². The van der Waals surface area contributed by atoms with Gasteiger partial charge in [-0.05, 0) is 6.07 Å². The van der Waals surface area contributed by atoms with E-state index in [0.717, 1.165) is 0 Å². The van der Waals surface area contributed by atoms with Crippen LogP contribution in [0.5, 0.6) is 0 Å². The van der Waals surface area contributed by atoms with Crippen LogP contribution in [-0.2, 0) is 4.74 Å². The Balaban J connectivity index is 1.78. The maximum Gasteiger partial charge on any atom is 0.293 e. The van der Waals surface area contributed by atoms with Gasteiger partial charge in [0.1, 0.15) is 12.0 Å². The van der Waals surface area contributed by atoms with Crippen LogP contribution in [0.25, 0.3) is 0 Å². The highest BCUT2D eigenvalue weighted by atomic mass is 16.6.